The van der Waals surface area contributed by atoms with E-state index in [9.17, 15) is 0 Å². The number of anilines is 1. The van der Waals surface area contributed by atoms with E-state index in [4.69, 9.17) is 5.11 Å². The Labute approximate surface area is 85.4 Å². The highest BCUT2D eigenvalue weighted by Gasteiger charge is 2.03. The Kier molecular flexibility index (Phi) is 3.89. The van der Waals surface area contributed by atoms with Crippen LogP contribution in [0.3, 0.4) is 0 Å². The minimum absolute atomic E-state index is 0.0661. The second-order valence-electron chi connectivity index (χ2n) is 3.49. The van der Waals surface area contributed by atoms with Crippen molar-refractivity contribution in [3.05, 3.63) is 23.4 Å². The zero-order chi connectivity index (χ0) is 10.6. The van der Waals surface area contributed by atoms with Crippen LogP contribution in [0.2, 0.25) is 0 Å². The Hall–Kier alpha value is -1.09. The third-order valence-corrected chi connectivity index (χ3v) is 2.30. The molecule has 0 bridgehead atoms. The average molecular weight is 194 g/mol. The van der Waals surface area contributed by atoms with E-state index in [-0.39, 0.29) is 6.61 Å². The van der Waals surface area contributed by atoms with Gasteiger partial charge in [-0.15, -0.1) is 0 Å². The first-order valence-corrected chi connectivity index (χ1v) is 4.97. The molecule has 3 nitrogen and oxygen atoms in total. The summed E-state index contributed by atoms with van der Waals surface area (Å²) in [5, 5.41) is 9.00. The topological polar surface area (TPSA) is 36.4 Å². The van der Waals surface area contributed by atoms with Crippen LogP contribution in [0.1, 0.15) is 24.6 Å². The smallest absolute Gasteiger partial charge is 0.128 e. The van der Waals surface area contributed by atoms with Gasteiger partial charge in [0.15, 0.2) is 0 Å². The van der Waals surface area contributed by atoms with Crippen molar-refractivity contribution >= 4 is 5.82 Å². The van der Waals surface area contributed by atoms with Gasteiger partial charge in [0, 0.05) is 19.3 Å². The highest BCUT2D eigenvalue weighted by Crippen LogP contribution is 2.13. The number of nitrogens with zero attached hydrogens (tertiary/aromatic N) is 2. The van der Waals surface area contributed by atoms with Crippen LogP contribution in [-0.4, -0.2) is 23.7 Å². The van der Waals surface area contributed by atoms with Crippen LogP contribution in [0.15, 0.2) is 12.1 Å². The predicted molar refractivity (Wildman–Crippen MR) is 58.5 cm³/mol. The van der Waals surface area contributed by atoms with Crippen LogP contribution in [0, 0.1) is 6.92 Å². The number of rotatable bonds is 4. The molecule has 1 aromatic rings. The van der Waals surface area contributed by atoms with Gasteiger partial charge in [-0.1, -0.05) is 13.0 Å². The third-order valence-electron chi connectivity index (χ3n) is 2.30. The molecule has 78 valence electrons. The van der Waals surface area contributed by atoms with Crippen LogP contribution in [0.25, 0.3) is 0 Å². The van der Waals surface area contributed by atoms with Crippen molar-refractivity contribution in [2.24, 2.45) is 0 Å². The number of aromatic nitrogens is 1. The quantitative estimate of drug-likeness (QED) is 0.793. The monoisotopic (exact) mass is 194 g/mol. The van der Waals surface area contributed by atoms with Gasteiger partial charge in [0.1, 0.15) is 5.82 Å². The summed E-state index contributed by atoms with van der Waals surface area (Å²) in [6, 6.07) is 3.89. The summed E-state index contributed by atoms with van der Waals surface area (Å²) in [5.74, 6) is 0.974. The molecule has 0 aliphatic carbocycles. The fraction of sp³-hybridized carbons (Fsp3) is 0.545. The minimum Gasteiger partial charge on any atom is -0.392 e. The van der Waals surface area contributed by atoms with Crippen molar-refractivity contribution in [1.29, 1.82) is 0 Å². The maximum Gasteiger partial charge on any atom is 0.128 e. The molecule has 1 rings (SSSR count). The van der Waals surface area contributed by atoms with Crippen LogP contribution >= 0.6 is 0 Å². The maximum atomic E-state index is 9.00. The Morgan fingerprint density at radius 2 is 2.14 bits per heavy atom. The molecule has 0 amide bonds. The first-order chi connectivity index (χ1) is 6.69. The van der Waals surface area contributed by atoms with E-state index in [2.05, 4.69) is 16.8 Å². The lowest BCUT2D eigenvalue weighted by molar-refractivity contribution is 0.280. The van der Waals surface area contributed by atoms with Crippen molar-refractivity contribution in [2.75, 3.05) is 18.5 Å². The largest absolute Gasteiger partial charge is 0.392 e. The van der Waals surface area contributed by atoms with Gasteiger partial charge in [-0.3, -0.25) is 0 Å². The Morgan fingerprint density at radius 3 is 2.64 bits per heavy atom. The lowest BCUT2D eigenvalue weighted by Gasteiger charge is -2.18. The summed E-state index contributed by atoms with van der Waals surface area (Å²) in [6.07, 6.45) is 1.11. The lowest BCUT2D eigenvalue weighted by Crippen LogP contribution is -2.19. The van der Waals surface area contributed by atoms with E-state index < -0.39 is 0 Å². The van der Waals surface area contributed by atoms with E-state index in [1.54, 1.807) is 0 Å². The van der Waals surface area contributed by atoms with E-state index in [1.807, 2.05) is 26.1 Å². The fourth-order valence-corrected chi connectivity index (χ4v) is 1.41. The highest BCUT2D eigenvalue weighted by molar-refractivity contribution is 5.40. The molecule has 0 radical (unpaired) electrons. The van der Waals surface area contributed by atoms with E-state index >= 15 is 0 Å². The number of hydrogen-bond acceptors (Lipinski definition) is 3. The number of aliphatic hydroxyl groups is 1. The third kappa shape index (κ3) is 2.45. The molecule has 0 fully saturated rings. The van der Waals surface area contributed by atoms with Gasteiger partial charge in [-0.25, -0.2) is 4.98 Å². The van der Waals surface area contributed by atoms with Crippen molar-refractivity contribution in [1.82, 2.24) is 4.98 Å². The maximum absolute atomic E-state index is 9.00. The van der Waals surface area contributed by atoms with Crippen molar-refractivity contribution in [2.45, 2.75) is 26.9 Å². The Bertz CT molecular complexity index is 299. The number of pyridine rings is 1. The summed E-state index contributed by atoms with van der Waals surface area (Å²) in [7, 11) is 2.03. The van der Waals surface area contributed by atoms with Crippen LogP contribution in [0.4, 0.5) is 5.82 Å². The Morgan fingerprint density at radius 1 is 1.43 bits per heavy atom. The van der Waals surface area contributed by atoms with Crippen LogP contribution in [0.5, 0.6) is 0 Å². The minimum atomic E-state index is 0.0661. The molecule has 0 aliphatic heterocycles. The predicted octanol–water partition coefficient (Wildman–Crippen LogP) is 1.73. The molecule has 0 atom stereocenters. The van der Waals surface area contributed by atoms with Crippen LogP contribution < -0.4 is 4.90 Å². The summed E-state index contributed by atoms with van der Waals surface area (Å²) < 4.78 is 0. The molecule has 1 N–H and O–H groups in total. The fourth-order valence-electron chi connectivity index (χ4n) is 1.41. The van der Waals surface area contributed by atoms with Gasteiger partial charge < -0.3 is 10.0 Å². The molecular weight excluding hydrogens is 176 g/mol. The molecule has 1 heterocycles. The molecule has 0 unspecified atom stereocenters. The zero-order valence-corrected chi connectivity index (χ0v) is 9.12. The molecule has 0 saturated carbocycles. The standard InChI is InChI=1S/C11H18N2O/c1-4-7-13(3)11-6-5-10(8-14)9(2)12-11/h5-6,14H,4,7-8H2,1-3H3. The molecule has 0 saturated heterocycles. The lowest BCUT2D eigenvalue weighted by atomic mass is 10.2. The number of aliphatic hydroxyl groups excluding tert-OH is 1. The second kappa shape index (κ2) is 4.96. The average Bonchev–Trinajstić information content (AvgIpc) is 2.18. The summed E-state index contributed by atoms with van der Waals surface area (Å²) in [5.41, 5.74) is 1.81. The Balaban J connectivity index is 2.85. The van der Waals surface area contributed by atoms with Gasteiger partial charge in [0.25, 0.3) is 0 Å². The molecule has 14 heavy (non-hydrogen) atoms. The van der Waals surface area contributed by atoms with Crippen molar-refractivity contribution < 1.29 is 5.11 Å². The zero-order valence-electron chi connectivity index (χ0n) is 9.12. The summed E-state index contributed by atoms with van der Waals surface area (Å²) in [6.45, 7) is 5.14. The second-order valence-corrected chi connectivity index (χ2v) is 3.49. The van der Waals surface area contributed by atoms with Gasteiger partial charge in [-0.05, 0) is 25.0 Å². The highest BCUT2D eigenvalue weighted by atomic mass is 16.3. The SMILES string of the molecule is CCCN(C)c1ccc(CO)c(C)n1. The summed E-state index contributed by atoms with van der Waals surface area (Å²) in [4.78, 5) is 6.55. The first-order valence-electron chi connectivity index (χ1n) is 4.97. The van der Waals surface area contributed by atoms with Gasteiger partial charge in [-0.2, -0.15) is 0 Å². The molecule has 0 spiro atoms. The van der Waals surface area contributed by atoms with E-state index in [0.29, 0.717) is 0 Å². The van der Waals surface area contributed by atoms with E-state index in [0.717, 1.165) is 30.0 Å². The van der Waals surface area contributed by atoms with Gasteiger partial charge in [0.05, 0.1) is 6.61 Å². The molecule has 1 aromatic heterocycles. The molecule has 0 aliphatic rings. The molecule has 0 aromatic carbocycles. The summed E-state index contributed by atoms with van der Waals surface area (Å²) >= 11 is 0. The number of aryl methyl sites for hydroxylation is 1. The molecule has 3 heteroatoms. The number of hydrogen-bond donors (Lipinski definition) is 1. The van der Waals surface area contributed by atoms with E-state index in [1.165, 1.54) is 0 Å². The van der Waals surface area contributed by atoms with Crippen molar-refractivity contribution in [3.8, 4) is 0 Å². The molecular formula is C11H18N2O. The normalized spacial score (nSPS) is 10.3. The van der Waals surface area contributed by atoms with Gasteiger partial charge in [0.2, 0.25) is 0 Å². The first kappa shape index (κ1) is 11.0. The van der Waals surface area contributed by atoms with Crippen LogP contribution in [-0.2, 0) is 6.61 Å². The van der Waals surface area contributed by atoms with Gasteiger partial charge >= 0.3 is 0 Å². The van der Waals surface area contributed by atoms with Crippen molar-refractivity contribution in [3.63, 3.8) is 0 Å².